The third kappa shape index (κ3) is 2.42. The molecule has 0 bridgehead atoms. The molecule has 3 heteroatoms. The zero-order valence-electron chi connectivity index (χ0n) is 9.66. The fourth-order valence-corrected chi connectivity index (χ4v) is 2.33. The van der Waals surface area contributed by atoms with E-state index in [-0.39, 0.29) is 0 Å². The van der Waals surface area contributed by atoms with Gasteiger partial charge in [-0.1, -0.05) is 37.6 Å². The van der Waals surface area contributed by atoms with Crippen molar-refractivity contribution < 1.29 is 0 Å². The number of rotatable bonds is 4. The Balaban J connectivity index is 2.20. The number of nitrogens with zero attached hydrogens (tertiary/aromatic N) is 1. The van der Waals surface area contributed by atoms with Crippen molar-refractivity contribution in [2.75, 3.05) is 12.4 Å². The molecule has 0 amide bonds. The summed E-state index contributed by atoms with van der Waals surface area (Å²) in [6, 6.07) is 8.69. The predicted molar refractivity (Wildman–Crippen MR) is 71.1 cm³/mol. The Morgan fingerprint density at radius 1 is 1.25 bits per heavy atom. The Bertz CT molecular complexity index is 445. The van der Waals surface area contributed by atoms with E-state index in [0.717, 1.165) is 17.2 Å². The first-order valence-corrected chi connectivity index (χ1v) is 6.44. The van der Waals surface area contributed by atoms with Crippen molar-refractivity contribution in [2.45, 2.75) is 19.8 Å². The van der Waals surface area contributed by atoms with E-state index in [4.69, 9.17) is 0 Å². The summed E-state index contributed by atoms with van der Waals surface area (Å²) in [5, 5.41) is 6.11. The highest BCUT2D eigenvalue weighted by Gasteiger charge is 2.02. The van der Waals surface area contributed by atoms with E-state index in [0.29, 0.717) is 0 Å². The number of benzene rings is 1. The molecule has 0 aliphatic heterocycles. The molecule has 2 rings (SSSR count). The van der Waals surface area contributed by atoms with Crippen LogP contribution in [0.5, 0.6) is 0 Å². The number of hydrogen-bond donors (Lipinski definition) is 1. The molecule has 1 aromatic heterocycles. The highest BCUT2D eigenvalue weighted by molar-refractivity contribution is 7.14. The molecule has 0 radical (unpaired) electrons. The first-order valence-electron chi connectivity index (χ1n) is 5.56. The Labute approximate surface area is 100 Å². The number of anilines is 1. The van der Waals surface area contributed by atoms with E-state index in [2.05, 4.69) is 46.9 Å². The maximum atomic E-state index is 4.48. The van der Waals surface area contributed by atoms with Gasteiger partial charge in [0.05, 0.1) is 5.69 Å². The molecule has 0 aliphatic carbocycles. The molecule has 0 saturated carbocycles. The molecule has 1 N–H and O–H groups in total. The minimum absolute atomic E-state index is 0.965. The largest absolute Gasteiger partial charge is 0.365 e. The molecule has 0 fully saturated rings. The first kappa shape index (κ1) is 11.1. The van der Waals surface area contributed by atoms with Gasteiger partial charge in [0, 0.05) is 18.0 Å². The summed E-state index contributed by atoms with van der Waals surface area (Å²) in [4.78, 5) is 4.48. The number of hydrogen-bond acceptors (Lipinski definition) is 3. The van der Waals surface area contributed by atoms with Crippen LogP contribution in [-0.2, 0) is 6.42 Å². The smallest absolute Gasteiger partial charge is 0.182 e. The summed E-state index contributed by atoms with van der Waals surface area (Å²) in [5.74, 6) is 0. The molecule has 84 valence electrons. The number of nitrogens with one attached hydrogen (secondary N) is 1. The summed E-state index contributed by atoms with van der Waals surface area (Å²) < 4.78 is 0. The average Bonchev–Trinajstić information content (AvgIpc) is 2.79. The minimum Gasteiger partial charge on any atom is -0.365 e. The summed E-state index contributed by atoms with van der Waals surface area (Å²) >= 11 is 1.64. The molecule has 1 heterocycles. The predicted octanol–water partition coefficient (Wildman–Crippen LogP) is 3.80. The Kier molecular flexibility index (Phi) is 3.57. The lowest BCUT2D eigenvalue weighted by Crippen LogP contribution is -1.87. The molecule has 0 atom stereocenters. The van der Waals surface area contributed by atoms with Crippen LogP contribution in [-0.4, -0.2) is 12.0 Å². The fraction of sp³-hybridized carbons (Fsp3) is 0.308. The van der Waals surface area contributed by atoms with Crippen molar-refractivity contribution in [3.8, 4) is 11.3 Å². The van der Waals surface area contributed by atoms with Crippen LogP contribution in [0.15, 0.2) is 29.6 Å². The second-order valence-electron chi connectivity index (χ2n) is 3.73. The second-order valence-corrected chi connectivity index (χ2v) is 4.59. The van der Waals surface area contributed by atoms with Crippen molar-refractivity contribution >= 4 is 16.5 Å². The minimum atomic E-state index is 0.965. The number of thiazole rings is 1. The van der Waals surface area contributed by atoms with Crippen LogP contribution in [0.2, 0.25) is 0 Å². The highest BCUT2D eigenvalue weighted by atomic mass is 32.1. The Morgan fingerprint density at radius 3 is 2.56 bits per heavy atom. The van der Waals surface area contributed by atoms with Crippen molar-refractivity contribution in [1.82, 2.24) is 4.98 Å². The van der Waals surface area contributed by atoms with E-state index in [1.807, 2.05) is 7.05 Å². The SMILES string of the molecule is CCCc1ccc(-c2csc(NC)n2)cc1. The average molecular weight is 232 g/mol. The van der Waals surface area contributed by atoms with Gasteiger partial charge in [-0.3, -0.25) is 0 Å². The van der Waals surface area contributed by atoms with E-state index in [1.165, 1.54) is 17.5 Å². The van der Waals surface area contributed by atoms with Crippen molar-refractivity contribution in [2.24, 2.45) is 0 Å². The molecular weight excluding hydrogens is 216 g/mol. The summed E-state index contributed by atoms with van der Waals surface area (Å²) in [7, 11) is 1.90. The van der Waals surface area contributed by atoms with Crippen LogP contribution in [0, 0.1) is 0 Å². The Morgan fingerprint density at radius 2 is 2.00 bits per heavy atom. The standard InChI is InChI=1S/C13H16N2S/c1-3-4-10-5-7-11(8-6-10)12-9-16-13(14-2)15-12/h5-9H,3-4H2,1-2H3,(H,14,15). The van der Waals surface area contributed by atoms with Crippen LogP contribution < -0.4 is 5.32 Å². The monoisotopic (exact) mass is 232 g/mol. The van der Waals surface area contributed by atoms with Gasteiger partial charge in [-0.2, -0.15) is 0 Å². The van der Waals surface area contributed by atoms with Crippen molar-refractivity contribution in [3.63, 3.8) is 0 Å². The maximum Gasteiger partial charge on any atom is 0.182 e. The van der Waals surface area contributed by atoms with Gasteiger partial charge < -0.3 is 5.32 Å². The topological polar surface area (TPSA) is 24.9 Å². The molecular formula is C13H16N2S. The molecule has 0 aliphatic rings. The molecule has 0 unspecified atom stereocenters. The van der Waals surface area contributed by atoms with Crippen LogP contribution in [0.25, 0.3) is 11.3 Å². The quantitative estimate of drug-likeness (QED) is 0.867. The fourth-order valence-electron chi connectivity index (χ4n) is 1.65. The normalized spacial score (nSPS) is 10.4. The van der Waals surface area contributed by atoms with E-state index >= 15 is 0 Å². The lowest BCUT2D eigenvalue weighted by molar-refractivity contribution is 0.922. The van der Waals surface area contributed by atoms with Gasteiger partial charge in [-0.25, -0.2) is 4.98 Å². The van der Waals surface area contributed by atoms with E-state index in [9.17, 15) is 0 Å². The lowest BCUT2D eigenvalue weighted by atomic mass is 10.1. The summed E-state index contributed by atoms with van der Waals surface area (Å²) in [5.41, 5.74) is 3.64. The van der Waals surface area contributed by atoms with Crippen LogP contribution in [0.4, 0.5) is 5.13 Å². The van der Waals surface area contributed by atoms with E-state index < -0.39 is 0 Å². The van der Waals surface area contributed by atoms with Gasteiger partial charge in [0.2, 0.25) is 0 Å². The zero-order chi connectivity index (χ0) is 11.4. The number of aryl methyl sites for hydroxylation is 1. The molecule has 1 aromatic carbocycles. The van der Waals surface area contributed by atoms with Crippen LogP contribution in [0.1, 0.15) is 18.9 Å². The number of aromatic nitrogens is 1. The molecule has 16 heavy (non-hydrogen) atoms. The summed E-state index contributed by atoms with van der Waals surface area (Å²) in [6.45, 7) is 2.20. The zero-order valence-corrected chi connectivity index (χ0v) is 10.5. The van der Waals surface area contributed by atoms with Gasteiger partial charge >= 0.3 is 0 Å². The van der Waals surface area contributed by atoms with Crippen LogP contribution in [0.3, 0.4) is 0 Å². The van der Waals surface area contributed by atoms with Crippen molar-refractivity contribution in [3.05, 3.63) is 35.2 Å². The molecule has 0 spiro atoms. The molecule has 2 aromatic rings. The first-order chi connectivity index (χ1) is 7.83. The second kappa shape index (κ2) is 5.12. The van der Waals surface area contributed by atoms with E-state index in [1.54, 1.807) is 11.3 Å². The van der Waals surface area contributed by atoms with Gasteiger partial charge in [-0.05, 0) is 12.0 Å². The van der Waals surface area contributed by atoms with Crippen molar-refractivity contribution in [1.29, 1.82) is 0 Å². The van der Waals surface area contributed by atoms with Gasteiger partial charge in [0.1, 0.15) is 0 Å². The third-order valence-electron chi connectivity index (χ3n) is 2.51. The third-order valence-corrected chi connectivity index (χ3v) is 3.37. The Hall–Kier alpha value is -1.35. The highest BCUT2D eigenvalue weighted by Crippen LogP contribution is 2.24. The molecule has 2 nitrogen and oxygen atoms in total. The maximum absolute atomic E-state index is 4.48. The summed E-state index contributed by atoms with van der Waals surface area (Å²) in [6.07, 6.45) is 2.35. The van der Waals surface area contributed by atoms with Crippen LogP contribution >= 0.6 is 11.3 Å². The lowest BCUT2D eigenvalue weighted by Gasteiger charge is -2.00. The van der Waals surface area contributed by atoms with Gasteiger partial charge in [0.25, 0.3) is 0 Å². The van der Waals surface area contributed by atoms with Gasteiger partial charge in [0.15, 0.2) is 5.13 Å². The molecule has 0 saturated heterocycles. The van der Waals surface area contributed by atoms with Gasteiger partial charge in [-0.15, -0.1) is 11.3 Å².